The number of hydrogen-bond donors (Lipinski definition) is 3. The van der Waals surface area contributed by atoms with Crippen molar-refractivity contribution < 1.29 is 24.9 Å². The molecule has 0 bridgehead atoms. The van der Waals surface area contributed by atoms with E-state index >= 15 is 0 Å². The molecule has 1 aromatic rings. The summed E-state index contributed by atoms with van der Waals surface area (Å²) in [6.07, 6.45) is 11.0. The van der Waals surface area contributed by atoms with Crippen molar-refractivity contribution in [3.63, 3.8) is 0 Å². The monoisotopic (exact) mass is 406 g/mol. The van der Waals surface area contributed by atoms with E-state index in [2.05, 4.69) is 20.8 Å². The molecule has 5 nitrogen and oxygen atoms in total. The van der Waals surface area contributed by atoms with Crippen LogP contribution in [0, 0.1) is 5.41 Å². The number of benzene rings is 1. The van der Waals surface area contributed by atoms with Gasteiger partial charge in [0.25, 0.3) is 6.47 Å². The standard InChI is InChI=1S/C24H38O5/c1-23(2,3)12-8-4-6-10-18-16-20(26)22(28)19(21(18)27)11-7-5-9-13-24(14-15-24)29-17-25/h16-17,26-28H,4-15H2,1-3H3. The maximum absolute atomic E-state index is 10.6. The van der Waals surface area contributed by atoms with Gasteiger partial charge in [-0.3, -0.25) is 4.79 Å². The van der Waals surface area contributed by atoms with Crippen LogP contribution >= 0.6 is 0 Å². The molecule has 1 aliphatic rings. The van der Waals surface area contributed by atoms with Gasteiger partial charge in [0.05, 0.1) is 0 Å². The summed E-state index contributed by atoms with van der Waals surface area (Å²) in [6, 6.07) is 1.49. The first-order chi connectivity index (χ1) is 13.7. The number of aryl methyl sites for hydroxylation is 1. The van der Waals surface area contributed by atoms with Gasteiger partial charge in [-0.15, -0.1) is 0 Å². The van der Waals surface area contributed by atoms with Gasteiger partial charge in [0.2, 0.25) is 0 Å². The maximum atomic E-state index is 10.6. The molecule has 0 saturated heterocycles. The highest BCUT2D eigenvalue weighted by atomic mass is 16.5. The van der Waals surface area contributed by atoms with Gasteiger partial charge in [-0.25, -0.2) is 0 Å². The van der Waals surface area contributed by atoms with E-state index in [0.717, 1.165) is 57.8 Å². The Bertz CT molecular complexity index is 671. The Morgan fingerprint density at radius 2 is 1.62 bits per heavy atom. The van der Waals surface area contributed by atoms with E-state index in [9.17, 15) is 20.1 Å². The third-order valence-corrected chi connectivity index (χ3v) is 5.97. The number of carbonyl (C=O) groups excluding carboxylic acids is 1. The average Bonchev–Trinajstić information content (AvgIpc) is 3.40. The van der Waals surface area contributed by atoms with Gasteiger partial charge in [0.15, 0.2) is 11.5 Å². The highest BCUT2D eigenvalue weighted by molar-refractivity contribution is 5.56. The molecule has 0 aliphatic heterocycles. The molecule has 1 aromatic carbocycles. The fraction of sp³-hybridized carbons (Fsp3) is 0.708. The highest BCUT2D eigenvalue weighted by Crippen LogP contribution is 2.44. The van der Waals surface area contributed by atoms with Gasteiger partial charge >= 0.3 is 0 Å². The summed E-state index contributed by atoms with van der Waals surface area (Å²) >= 11 is 0. The normalized spacial score (nSPS) is 15.3. The van der Waals surface area contributed by atoms with Gasteiger partial charge in [0, 0.05) is 5.56 Å². The molecule has 0 aromatic heterocycles. The van der Waals surface area contributed by atoms with E-state index in [-0.39, 0.29) is 22.8 Å². The molecule has 3 N–H and O–H groups in total. The minimum atomic E-state index is -0.225. The summed E-state index contributed by atoms with van der Waals surface area (Å²) < 4.78 is 5.15. The van der Waals surface area contributed by atoms with E-state index in [1.54, 1.807) is 0 Å². The second-order valence-corrected chi connectivity index (χ2v) is 9.81. The maximum Gasteiger partial charge on any atom is 0.293 e. The molecular weight excluding hydrogens is 368 g/mol. The van der Waals surface area contributed by atoms with Crippen molar-refractivity contribution in [2.45, 2.75) is 103 Å². The summed E-state index contributed by atoms with van der Waals surface area (Å²) in [6.45, 7) is 7.26. The molecule has 2 rings (SSSR count). The number of hydrogen-bond acceptors (Lipinski definition) is 5. The summed E-state index contributed by atoms with van der Waals surface area (Å²) in [5, 5.41) is 30.9. The Labute approximate surface area is 175 Å². The zero-order chi connectivity index (χ0) is 21.5. The van der Waals surface area contributed by atoms with Crippen LogP contribution in [0.3, 0.4) is 0 Å². The van der Waals surface area contributed by atoms with Crippen LogP contribution in [0.4, 0.5) is 0 Å². The van der Waals surface area contributed by atoms with Crippen molar-refractivity contribution in [2.75, 3.05) is 0 Å². The molecule has 1 fully saturated rings. The van der Waals surface area contributed by atoms with E-state index in [4.69, 9.17) is 4.74 Å². The molecule has 29 heavy (non-hydrogen) atoms. The first-order valence-electron chi connectivity index (χ1n) is 11.0. The van der Waals surface area contributed by atoms with E-state index < -0.39 is 0 Å². The molecule has 0 unspecified atom stereocenters. The number of rotatable bonds is 13. The lowest BCUT2D eigenvalue weighted by Gasteiger charge is -2.17. The quantitative estimate of drug-likeness (QED) is 0.168. The van der Waals surface area contributed by atoms with Crippen molar-refractivity contribution in [2.24, 2.45) is 5.41 Å². The van der Waals surface area contributed by atoms with Crippen molar-refractivity contribution in [3.8, 4) is 17.2 Å². The molecule has 1 aliphatic carbocycles. The lowest BCUT2D eigenvalue weighted by Crippen LogP contribution is -2.12. The Hall–Kier alpha value is -1.91. The number of aromatic hydroxyl groups is 3. The van der Waals surface area contributed by atoms with Crippen LogP contribution in [0.15, 0.2) is 6.07 Å². The van der Waals surface area contributed by atoms with Gasteiger partial charge < -0.3 is 20.1 Å². The van der Waals surface area contributed by atoms with E-state index in [1.165, 1.54) is 12.5 Å². The summed E-state index contributed by atoms with van der Waals surface area (Å²) in [4.78, 5) is 10.5. The SMILES string of the molecule is CC(C)(C)CCCCCc1cc(O)c(O)c(CCCCCC2(OC=O)CC2)c1O. The second-order valence-electron chi connectivity index (χ2n) is 9.81. The minimum Gasteiger partial charge on any atom is -0.507 e. The third-order valence-electron chi connectivity index (χ3n) is 5.97. The molecule has 0 amide bonds. The Morgan fingerprint density at radius 3 is 2.24 bits per heavy atom. The van der Waals surface area contributed by atoms with Crippen LogP contribution in [-0.4, -0.2) is 27.4 Å². The highest BCUT2D eigenvalue weighted by Gasteiger charge is 2.44. The van der Waals surface area contributed by atoms with Crippen LogP contribution in [-0.2, 0) is 22.4 Å². The van der Waals surface area contributed by atoms with Gasteiger partial charge in [-0.2, -0.15) is 0 Å². The van der Waals surface area contributed by atoms with E-state index in [0.29, 0.717) is 35.9 Å². The molecule has 164 valence electrons. The first-order valence-corrected chi connectivity index (χ1v) is 11.0. The summed E-state index contributed by atoms with van der Waals surface area (Å²) in [5.41, 5.74) is 1.27. The fourth-order valence-corrected chi connectivity index (χ4v) is 3.93. The van der Waals surface area contributed by atoms with Gasteiger partial charge in [-0.1, -0.05) is 40.0 Å². The Kier molecular flexibility index (Phi) is 8.23. The van der Waals surface area contributed by atoms with Crippen LogP contribution in [0.5, 0.6) is 17.2 Å². The minimum absolute atomic E-state index is 0.124. The average molecular weight is 407 g/mol. The summed E-state index contributed by atoms with van der Waals surface area (Å²) in [5.74, 6) is -0.236. The number of ether oxygens (including phenoxy) is 1. The Morgan fingerprint density at radius 1 is 0.966 bits per heavy atom. The van der Waals surface area contributed by atoms with Crippen LogP contribution < -0.4 is 0 Å². The van der Waals surface area contributed by atoms with Crippen molar-refractivity contribution in [3.05, 3.63) is 17.2 Å². The number of unbranched alkanes of at least 4 members (excludes halogenated alkanes) is 4. The largest absolute Gasteiger partial charge is 0.507 e. The number of carbonyl (C=O) groups is 1. The predicted octanol–water partition coefficient (Wildman–Crippen LogP) is 5.76. The van der Waals surface area contributed by atoms with Gasteiger partial charge in [-0.05, 0) is 74.8 Å². The van der Waals surface area contributed by atoms with Crippen molar-refractivity contribution >= 4 is 6.47 Å². The third kappa shape index (κ3) is 7.45. The number of phenolic OH excluding ortho intramolecular Hbond substituents is 3. The first kappa shape index (κ1) is 23.4. The predicted molar refractivity (Wildman–Crippen MR) is 114 cm³/mol. The van der Waals surface area contributed by atoms with Gasteiger partial charge in [0.1, 0.15) is 11.4 Å². The lowest BCUT2D eigenvalue weighted by molar-refractivity contribution is -0.135. The molecule has 5 heteroatoms. The topological polar surface area (TPSA) is 87.0 Å². The lowest BCUT2D eigenvalue weighted by atomic mass is 9.89. The van der Waals surface area contributed by atoms with Crippen molar-refractivity contribution in [1.82, 2.24) is 0 Å². The van der Waals surface area contributed by atoms with Crippen LogP contribution in [0.25, 0.3) is 0 Å². The fourth-order valence-electron chi connectivity index (χ4n) is 3.93. The molecule has 0 spiro atoms. The molecular formula is C24H38O5. The van der Waals surface area contributed by atoms with Crippen molar-refractivity contribution in [1.29, 1.82) is 0 Å². The zero-order valence-corrected chi connectivity index (χ0v) is 18.3. The molecule has 1 saturated carbocycles. The molecule has 0 atom stereocenters. The number of phenols is 3. The Balaban J connectivity index is 1.81. The van der Waals surface area contributed by atoms with Crippen LogP contribution in [0.2, 0.25) is 0 Å². The van der Waals surface area contributed by atoms with Crippen LogP contribution in [0.1, 0.15) is 96.1 Å². The summed E-state index contributed by atoms with van der Waals surface area (Å²) in [7, 11) is 0. The second kappa shape index (κ2) is 10.2. The molecule has 0 heterocycles. The zero-order valence-electron chi connectivity index (χ0n) is 18.3. The molecule has 0 radical (unpaired) electrons. The van der Waals surface area contributed by atoms with E-state index in [1.807, 2.05) is 0 Å². The smallest absolute Gasteiger partial charge is 0.293 e.